The van der Waals surface area contributed by atoms with E-state index in [0.29, 0.717) is 5.41 Å². The number of hydrogen-bond acceptors (Lipinski definition) is 2. The highest BCUT2D eigenvalue weighted by Gasteiger charge is 2.34. The lowest BCUT2D eigenvalue weighted by atomic mass is 9.67. The Kier molecular flexibility index (Phi) is 3.21. The second kappa shape index (κ2) is 3.90. The summed E-state index contributed by atoms with van der Waals surface area (Å²) in [7, 11) is 0. The van der Waals surface area contributed by atoms with E-state index in [1.54, 1.807) is 0 Å². The van der Waals surface area contributed by atoms with Gasteiger partial charge < -0.3 is 0 Å². The molecule has 0 saturated heterocycles. The van der Waals surface area contributed by atoms with Gasteiger partial charge in [-0.05, 0) is 38.0 Å². The second-order valence-corrected chi connectivity index (χ2v) is 5.71. The summed E-state index contributed by atoms with van der Waals surface area (Å²) in [5, 5.41) is 12.2. The third-order valence-corrected chi connectivity index (χ3v) is 3.48. The maximum Gasteiger partial charge on any atom is 0.101 e. The van der Waals surface area contributed by atoms with Crippen molar-refractivity contribution in [2.75, 3.05) is 6.54 Å². The van der Waals surface area contributed by atoms with Gasteiger partial charge in [0.05, 0.1) is 6.07 Å². The molecule has 1 aliphatic carbocycles. The van der Waals surface area contributed by atoms with Crippen LogP contribution in [0, 0.1) is 22.7 Å². The highest BCUT2D eigenvalue weighted by molar-refractivity contribution is 5.01. The first-order chi connectivity index (χ1) is 6.37. The van der Waals surface area contributed by atoms with Crippen molar-refractivity contribution < 1.29 is 0 Å². The van der Waals surface area contributed by atoms with Crippen molar-refractivity contribution in [3.63, 3.8) is 0 Å². The topological polar surface area (TPSA) is 35.8 Å². The lowest BCUT2D eigenvalue weighted by molar-refractivity contribution is 0.113. The smallest absolute Gasteiger partial charge is 0.101 e. The first-order valence-corrected chi connectivity index (χ1v) is 5.54. The van der Waals surface area contributed by atoms with E-state index in [4.69, 9.17) is 5.26 Å². The van der Waals surface area contributed by atoms with Crippen LogP contribution in [-0.4, -0.2) is 12.1 Å². The molecule has 0 aromatic heterocycles. The average molecular weight is 194 g/mol. The molecule has 0 amide bonds. The van der Waals surface area contributed by atoms with Crippen molar-refractivity contribution in [1.82, 2.24) is 5.32 Å². The molecule has 0 atom stereocenters. The van der Waals surface area contributed by atoms with E-state index in [9.17, 15) is 0 Å². The summed E-state index contributed by atoms with van der Waals surface area (Å²) in [6.45, 7) is 9.42. The Labute approximate surface area is 87.7 Å². The molecule has 0 radical (unpaired) electrons. The van der Waals surface area contributed by atoms with Gasteiger partial charge in [0, 0.05) is 6.54 Å². The van der Waals surface area contributed by atoms with Gasteiger partial charge >= 0.3 is 0 Å². The van der Waals surface area contributed by atoms with E-state index < -0.39 is 0 Å². The number of hydrogen-bond donors (Lipinski definition) is 1. The molecule has 0 spiro atoms. The summed E-state index contributed by atoms with van der Waals surface area (Å²) in [6.07, 6.45) is 4.11. The second-order valence-electron chi connectivity index (χ2n) is 5.71. The third-order valence-electron chi connectivity index (χ3n) is 3.48. The van der Waals surface area contributed by atoms with Crippen LogP contribution in [0.25, 0.3) is 0 Å². The molecule has 1 aliphatic rings. The molecule has 1 rings (SSSR count). The molecular formula is C12H22N2. The monoisotopic (exact) mass is 194 g/mol. The molecule has 1 fully saturated rings. The predicted octanol–water partition coefficient (Wildman–Crippen LogP) is 2.70. The van der Waals surface area contributed by atoms with Crippen LogP contribution in [0.5, 0.6) is 0 Å². The largest absolute Gasteiger partial charge is 0.299 e. The van der Waals surface area contributed by atoms with Crippen LogP contribution < -0.4 is 5.32 Å². The average Bonchev–Trinajstić information content (AvgIpc) is 1.97. The molecule has 0 aliphatic heterocycles. The lowest BCUT2D eigenvalue weighted by Gasteiger charge is -2.41. The van der Waals surface area contributed by atoms with E-state index in [0.717, 1.165) is 12.5 Å². The zero-order chi connectivity index (χ0) is 10.8. The van der Waals surface area contributed by atoms with Crippen LogP contribution in [-0.2, 0) is 0 Å². The number of nitrogens with zero attached hydrogens (tertiary/aromatic N) is 1. The van der Waals surface area contributed by atoms with Crippen LogP contribution in [0.3, 0.4) is 0 Å². The summed E-state index contributed by atoms with van der Waals surface area (Å²) >= 11 is 0. The number of nitrogens with one attached hydrogen (secondary N) is 1. The van der Waals surface area contributed by atoms with Crippen molar-refractivity contribution in [2.24, 2.45) is 11.3 Å². The molecule has 80 valence electrons. The molecule has 2 heteroatoms. The summed E-state index contributed by atoms with van der Waals surface area (Å²) in [4.78, 5) is 0. The van der Waals surface area contributed by atoms with E-state index in [-0.39, 0.29) is 5.54 Å². The molecule has 0 heterocycles. The molecule has 0 unspecified atom stereocenters. The minimum absolute atomic E-state index is 0.340. The maximum atomic E-state index is 8.89. The molecule has 0 aromatic carbocycles. The van der Waals surface area contributed by atoms with Gasteiger partial charge in [-0.15, -0.1) is 0 Å². The van der Waals surface area contributed by atoms with E-state index >= 15 is 0 Å². The van der Waals surface area contributed by atoms with Gasteiger partial charge in [-0.1, -0.05) is 20.3 Å². The summed E-state index contributed by atoms with van der Waals surface area (Å²) < 4.78 is 0. The summed E-state index contributed by atoms with van der Waals surface area (Å²) in [5.74, 6) is 0.851. The highest BCUT2D eigenvalue weighted by atomic mass is 15.0. The normalized spacial score (nSPS) is 18.8. The third kappa shape index (κ3) is 2.72. The van der Waals surface area contributed by atoms with Gasteiger partial charge in [0.15, 0.2) is 0 Å². The Bertz CT molecular complexity index is 231. The molecule has 14 heavy (non-hydrogen) atoms. The quantitative estimate of drug-likeness (QED) is 0.747. The molecule has 1 N–H and O–H groups in total. The maximum absolute atomic E-state index is 8.89. The van der Waals surface area contributed by atoms with Crippen LogP contribution >= 0.6 is 0 Å². The van der Waals surface area contributed by atoms with Gasteiger partial charge in [0.2, 0.25) is 0 Å². The van der Waals surface area contributed by atoms with Crippen LogP contribution in [0.1, 0.15) is 47.0 Å². The number of nitriles is 1. The highest BCUT2D eigenvalue weighted by Crippen LogP contribution is 2.41. The zero-order valence-corrected chi connectivity index (χ0v) is 9.85. The van der Waals surface area contributed by atoms with Gasteiger partial charge in [-0.25, -0.2) is 0 Å². The Morgan fingerprint density at radius 1 is 1.29 bits per heavy atom. The standard InChI is InChI=1S/C12H22N2/c1-11(2,10-6-5-7-10)9-14-12(3,4)8-13/h10,14H,5-7,9H2,1-4H3. The van der Waals surface area contributed by atoms with Crippen molar-refractivity contribution in [3.8, 4) is 6.07 Å². The lowest BCUT2D eigenvalue weighted by Crippen LogP contribution is -2.46. The zero-order valence-electron chi connectivity index (χ0n) is 9.85. The van der Waals surface area contributed by atoms with Crippen molar-refractivity contribution in [3.05, 3.63) is 0 Å². The van der Waals surface area contributed by atoms with Crippen molar-refractivity contribution in [2.45, 2.75) is 52.5 Å². The first-order valence-electron chi connectivity index (χ1n) is 5.54. The van der Waals surface area contributed by atoms with Gasteiger partial charge in [-0.2, -0.15) is 5.26 Å². The Morgan fingerprint density at radius 3 is 2.21 bits per heavy atom. The van der Waals surface area contributed by atoms with Gasteiger partial charge in [-0.3, -0.25) is 5.32 Å². The van der Waals surface area contributed by atoms with Crippen LogP contribution in [0.4, 0.5) is 0 Å². The fourth-order valence-electron chi connectivity index (χ4n) is 1.82. The molecule has 0 bridgehead atoms. The van der Waals surface area contributed by atoms with E-state index in [1.165, 1.54) is 19.3 Å². The number of rotatable bonds is 4. The summed E-state index contributed by atoms with van der Waals surface area (Å²) in [6, 6.07) is 2.28. The fraction of sp³-hybridized carbons (Fsp3) is 0.917. The summed E-state index contributed by atoms with van der Waals surface area (Å²) in [5.41, 5.74) is -0.0482. The molecule has 0 aromatic rings. The first kappa shape index (κ1) is 11.5. The Hall–Kier alpha value is -0.550. The minimum atomic E-state index is -0.388. The molecule has 2 nitrogen and oxygen atoms in total. The minimum Gasteiger partial charge on any atom is -0.299 e. The van der Waals surface area contributed by atoms with Gasteiger partial charge in [0.25, 0.3) is 0 Å². The van der Waals surface area contributed by atoms with E-state index in [2.05, 4.69) is 25.2 Å². The molecule has 1 saturated carbocycles. The van der Waals surface area contributed by atoms with Gasteiger partial charge in [0.1, 0.15) is 5.54 Å². The predicted molar refractivity (Wildman–Crippen MR) is 58.8 cm³/mol. The van der Waals surface area contributed by atoms with Crippen molar-refractivity contribution >= 4 is 0 Å². The SMILES string of the molecule is CC(C)(C#N)NCC(C)(C)C1CCC1. The fourth-order valence-corrected chi connectivity index (χ4v) is 1.82. The van der Waals surface area contributed by atoms with Crippen LogP contribution in [0.2, 0.25) is 0 Å². The molecular weight excluding hydrogens is 172 g/mol. The Balaban J connectivity index is 2.40. The van der Waals surface area contributed by atoms with Crippen LogP contribution in [0.15, 0.2) is 0 Å². The van der Waals surface area contributed by atoms with Crippen molar-refractivity contribution in [1.29, 1.82) is 5.26 Å². The van der Waals surface area contributed by atoms with E-state index in [1.807, 2.05) is 13.8 Å². The Morgan fingerprint density at radius 2 is 1.86 bits per heavy atom.